The fourth-order valence-electron chi connectivity index (χ4n) is 8.95. The van der Waals surface area contributed by atoms with Crippen LogP contribution in [0.1, 0.15) is 279 Å². The van der Waals surface area contributed by atoms with Gasteiger partial charge in [0.1, 0.15) is 0 Å². The maximum Gasteiger partial charge on any atom is 0.305 e. The maximum absolute atomic E-state index is 12.6. The number of hydrogen-bond acceptors (Lipinski definition) is 6. The van der Waals surface area contributed by atoms with Crippen molar-refractivity contribution in [3.05, 3.63) is 0 Å². The van der Waals surface area contributed by atoms with Crippen LogP contribution in [0.5, 0.6) is 0 Å². The van der Waals surface area contributed by atoms with Gasteiger partial charge in [-0.05, 0) is 95.6 Å². The first-order chi connectivity index (χ1) is 30.2. The number of unbranched alkanes of at least 4 members (excludes halogenated alkanes) is 21. The second kappa shape index (κ2) is 45.9. The minimum Gasteiger partial charge on any atom is -0.465 e. The monoisotopic (exact) mass is 877 g/mol. The molecular formula is C55H108N2O5. The smallest absolute Gasteiger partial charge is 0.305 e. The van der Waals surface area contributed by atoms with E-state index in [1.165, 1.54) is 193 Å². The Bertz CT molecular complexity index is 933. The van der Waals surface area contributed by atoms with E-state index in [0.29, 0.717) is 50.4 Å². The average molecular weight is 877 g/mol. The number of amides is 1. The Morgan fingerprint density at radius 1 is 0.371 bits per heavy atom. The molecule has 1 amide bonds. The number of carbonyl (C=O) groups is 3. The molecule has 0 N–H and O–H groups in total. The van der Waals surface area contributed by atoms with Crippen molar-refractivity contribution in [1.29, 1.82) is 0 Å². The van der Waals surface area contributed by atoms with Crippen molar-refractivity contribution >= 4 is 17.8 Å². The Morgan fingerprint density at radius 3 is 1.15 bits per heavy atom. The summed E-state index contributed by atoms with van der Waals surface area (Å²) >= 11 is 0. The van der Waals surface area contributed by atoms with Crippen molar-refractivity contribution in [2.24, 2.45) is 11.8 Å². The van der Waals surface area contributed by atoms with E-state index in [9.17, 15) is 14.4 Å². The number of ether oxygens (including phenoxy) is 2. The molecule has 0 saturated carbocycles. The van der Waals surface area contributed by atoms with Gasteiger partial charge in [-0.1, -0.05) is 189 Å². The third kappa shape index (κ3) is 38.8. The van der Waals surface area contributed by atoms with Crippen molar-refractivity contribution < 1.29 is 23.9 Å². The lowest BCUT2D eigenvalue weighted by Gasteiger charge is -2.32. The van der Waals surface area contributed by atoms with Gasteiger partial charge < -0.3 is 19.3 Å². The second-order valence-corrected chi connectivity index (χ2v) is 19.5. The van der Waals surface area contributed by atoms with Crippen molar-refractivity contribution in [2.45, 2.75) is 285 Å². The zero-order valence-electron chi connectivity index (χ0n) is 42.9. The molecule has 0 fully saturated rings. The van der Waals surface area contributed by atoms with Gasteiger partial charge in [0, 0.05) is 39.4 Å². The maximum atomic E-state index is 12.6. The highest BCUT2D eigenvalue weighted by Crippen LogP contribution is 2.23. The van der Waals surface area contributed by atoms with Gasteiger partial charge >= 0.3 is 11.9 Å². The van der Waals surface area contributed by atoms with Crippen LogP contribution in [-0.4, -0.2) is 74.1 Å². The standard InChI is InChI=1S/C55H108N2O5/c1-8-13-18-29-39-50(37-15-10-3)48-61-54(59)44-34-26-22-20-24-31-41-52(57(46-17-12-5)47-36-28-33-43-53(58)56(6)7)42-32-25-21-23-27-35-45-55(60)62-49-51(38-16-11-4)40-30-19-14-9-2/h50-52H,8-49H2,1-7H3. The Balaban J connectivity index is 4.76. The zero-order valence-corrected chi connectivity index (χ0v) is 42.9. The Labute approximate surface area is 387 Å². The van der Waals surface area contributed by atoms with Crippen molar-refractivity contribution in [3.8, 4) is 0 Å². The quantitative estimate of drug-likeness (QED) is 0.0448. The summed E-state index contributed by atoms with van der Waals surface area (Å²) in [5, 5.41) is 0. The lowest BCUT2D eigenvalue weighted by molar-refractivity contribution is -0.146. The van der Waals surface area contributed by atoms with Gasteiger partial charge in [-0.15, -0.1) is 0 Å². The molecule has 7 nitrogen and oxygen atoms in total. The number of hydrogen-bond donors (Lipinski definition) is 0. The van der Waals surface area contributed by atoms with E-state index >= 15 is 0 Å². The molecule has 368 valence electrons. The molecule has 0 spiro atoms. The highest BCUT2D eigenvalue weighted by Gasteiger charge is 2.18. The molecule has 0 aliphatic rings. The van der Waals surface area contributed by atoms with Crippen LogP contribution >= 0.6 is 0 Å². The van der Waals surface area contributed by atoms with Gasteiger partial charge in [0.15, 0.2) is 0 Å². The first-order valence-electron chi connectivity index (χ1n) is 27.5. The number of rotatable bonds is 48. The van der Waals surface area contributed by atoms with E-state index in [1.54, 1.807) is 4.90 Å². The molecule has 0 radical (unpaired) electrons. The summed E-state index contributed by atoms with van der Waals surface area (Å²) < 4.78 is 11.5. The van der Waals surface area contributed by atoms with E-state index < -0.39 is 0 Å². The van der Waals surface area contributed by atoms with Crippen LogP contribution in [0, 0.1) is 11.8 Å². The minimum atomic E-state index is 0.00827. The number of esters is 2. The molecule has 62 heavy (non-hydrogen) atoms. The molecule has 2 atom stereocenters. The minimum absolute atomic E-state index is 0.00827. The third-order valence-corrected chi connectivity index (χ3v) is 13.3. The molecule has 0 aromatic heterocycles. The second-order valence-electron chi connectivity index (χ2n) is 19.5. The highest BCUT2D eigenvalue weighted by atomic mass is 16.5. The van der Waals surface area contributed by atoms with Crippen LogP contribution < -0.4 is 0 Å². The average Bonchev–Trinajstić information content (AvgIpc) is 3.26. The van der Waals surface area contributed by atoms with Crippen LogP contribution in [0.4, 0.5) is 0 Å². The van der Waals surface area contributed by atoms with Crippen molar-refractivity contribution in [3.63, 3.8) is 0 Å². The van der Waals surface area contributed by atoms with Gasteiger partial charge in [0.05, 0.1) is 13.2 Å². The van der Waals surface area contributed by atoms with Gasteiger partial charge in [0.25, 0.3) is 0 Å². The van der Waals surface area contributed by atoms with Crippen molar-refractivity contribution in [2.75, 3.05) is 40.4 Å². The summed E-state index contributed by atoms with van der Waals surface area (Å²) in [7, 11) is 3.71. The summed E-state index contributed by atoms with van der Waals surface area (Å²) in [5.74, 6) is 1.33. The molecule has 7 heteroatoms. The van der Waals surface area contributed by atoms with E-state index in [2.05, 4.69) is 39.5 Å². The van der Waals surface area contributed by atoms with Crippen LogP contribution in [0.3, 0.4) is 0 Å². The summed E-state index contributed by atoms with van der Waals surface area (Å²) in [4.78, 5) is 41.8. The summed E-state index contributed by atoms with van der Waals surface area (Å²) in [6, 6.07) is 0.634. The number of carbonyl (C=O) groups excluding carboxylic acids is 3. The Kier molecular flexibility index (Phi) is 44.7. The van der Waals surface area contributed by atoms with Crippen molar-refractivity contribution in [1.82, 2.24) is 9.80 Å². The lowest BCUT2D eigenvalue weighted by atomic mass is 9.96. The Morgan fingerprint density at radius 2 is 0.710 bits per heavy atom. The van der Waals surface area contributed by atoms with E-state index in [4.69, 9.17) is 9.47 Å². The molecule has 0 aliphatic carbocycles. The summed E-state index contributed by atoms with van der Waals surface area (Å²) in [6.45, 7) is 14.9. The van der Waals surface area contributed by atoms with Crippen LogP contribution in [0.25, 0.3) is 0 Å². The molecule has 0 saturated heterocycles. The first-order valence-corrected chi connectivity index (χ1v) is 27.5. The van der Waals surface area contributed by atoms with E-state index in [1.807, 2.05) is 14.1 Å². The molecule has 0 bridgehead atoms. The SMILES string of the molecule is CCCCCCC(CCCC)COC(=O)CCCCCCCCC(CCCCCCCCC(=O)OCC(CCCC)CCCCCC)N(CCCC)CCCCCC(=O)N(C)C. The highest BCUT2D eigenvalue weighted by molar-refractivity contribution is 5.75. The van der Waals surface area contributed by atoms with Gasteiger partial charge in [-0.25, -0.2) is 0 Å². The molecule has 0 aromatic rings. The number of nitrogens with zero attached hydrogens (tertiary/aromatic N) is 2. The zero-order chi connectivity index (χ0) is 45.7. The fraction of sp³-hybridized carbons (Fsp3) is 0.945. The van der Waals surface area contributed by atoms with Gasteiger partial charge in [0.2, 0.25) is 5.91 Å². The molecule has 0 aromatic carbocycles. The fourth-order valence-corrected chi connectivity index (χ4v) is 8.95. The van der Waals surface area contributed by atoms with Crippen LogP contribution in [0.15, 0.2) is 0 Å². The predicted molar refractivity (Wildman–Crippen MR) is 267 cm³/mol. The van der Waals surface area contributed by atoms with Gasteiger partial charge in [-0.3, -0.25) is 14.4 Å². The lowest BCUT2D eigenvalue weighted by Crippen LogP contribution is -2.37. The molecule has 0 heterocycles. The van der Waals surface area contributed by atoms with E-state index in [0.717, 1.165) is 45.1 Å². The molecular weight excluding hydrogens is 769 g/mol. The van der Waals surface area contributed by atoms with Crippen LogP contribution in [-0.2, 0) is 23.9 Å². The van der Waals surface area contributed by atoms with Crippen LogP contribution in [0.2, 0.25) is 0 Å². The summed E-state index contributed by atoms with van der Waals surface area (Å²) in [6.07, 6.45) is 44.1. The molecule has 0 rings (SSSR count). The van der Waals surface area contributed by atoms with E-state index in [-0.39, 0.29) is 17.8 Å². The first kappa shape index (κ1) is 60.4. The predicted octanol–water partition coefficient (Wildman–Crippen LogP) is 16.0. The molecule has 0 aliphatic heterocycles. The Hall–Kier alpha value is -1.63. The normalized spacial score (nSPS) is 13.0. The summed E-state index contributed by atoms with van der Waals surface area (Å²) in [5.41, 5.74) is 0. The molecule has 2 unspecified atom stereocenters. The topological polar surface area (TPSA) is 76.2 Å². The largest absolute Gasteiger partial charge is 0.465 e. The third-order valence-electron chi connectivity index (χ3n) is 13.3. The van der Waals surface area contributed by atoms with Gasteiger partial charge in [-0.2, -0.15) is 0 Å².